The average molecular weight is 518 g/mol. The van der Waals surface area contributed by atoms with E-state index in [9.17, 15) is 22.4 Å². The van der Waals surface area contributed by atoms with Gasteiger partial charge in [0.2, 0.25) is 5.44 Å². The second-order valence-electron chi connectivity index (χ2n) is 7.67. The van der Waals surface area contributed by atoms with Gasteiger partial charge in [-0.15, -0.1) is 4.52 Å². The normalized spacial score (nSPS) is 12.9. The van der Waals surface area contributed by atoms with Crippen LogP contribution in [0.4, 0.5) is 0 Å². The van der Waals surface area contributed by atoms with Crippen molar-refractivity contribution in [3.63, 3.8) is 0 Å². The molecule has 0 amide bonds. The van der Waals surface area contributed by atoms with Crippen molar-refractivity contribution in [2.45, 2.75) is 50.9 Å². The fourth-order valence-electron chi connectivity index (χ4n) is 2.74. The maximum atomic E-state index is 11.1. The van der Waals surface area contributed by atoms with Crippen molar-refractivity contribution in [3.05, 3.63) is 59.7 Å². The molecule has 0 saturated heterocycles. The molecule has 0 aliphatic rings. The molecule has 2 aromatic rings. The molecule has 0 fully saturated rings. The van der Waals surface area contributed by atoms with Crippen molar-refractivity contribution < 1.29 is 134 Å². The smallest absolute Gasteiger partial charge is 0.746 e. The van der Waals surface area contributed by atoms with E-state index in [-0.39, 0.29) is 121 Å². The van der Waals surface area contributed by atoms with Gasteiger partial charge in [-0.2, -0.15) is 0 Å². The van der Waals surface area contributed by atoms with Crippen LogP contribution in [-0.4, -0.2) is 18.4 Å². The first-order valence-corrected chi connectivity index (χ1v) is 11.6. The van der Waals surface area contributed by atoms with Crippen molar-refractivity contribution in [3.8, 4) is 11.5 Å². The minimum Gasteiger partial charge on any atom is -0.746 e. The summed E-state index contributed by atoms with van der Waals surface area (Å²) < 4.78 is 53.9. The Hall–Kier alpha value is 1.44. The Morgan fingerprint density at radius 2 is 1.65 bits per heavy atom. The molecule has 31 heavy (non-hydrogen) atoms. The van der Waals surface area contributed by atoms with Crippen LogP contribution in [0.5, 0.6) is 11.5 Å². The van der Waals surface area contributed by atoms with Crippen molar-refractivity contribution in [1.29, 1.82) is 0 Å². The fourth-order valence-corrected chi connectivity index (χ4v) is 4.13. The zero-order valence-electron chi connectivity index (χ0n) is 18.5. The van der Waals surface area contributed by atoms with Crippen LogP contribution >= 0.6 is 8.25 Å². The Kier molecular flexibility index (Phi) is 15.4. The maximum absolute atomic E-state index is 11.1. The van der Waals surface area contributed by atoms with Crippen LogP contribution in [0.2, 0.25) is 0 Å². The first kappa shape index (κ1) is 32.4. The van der Waals surface area contributed by atoms with Gasteiger partial charge in [-0.25, -0.2) is 8.42 Å². The van der Waals surface area contributed by atoms with Gasteiger partial charge in [0.15, 0.2) is 0 Å². The van der Waals surface area contributed by atoms with E-state index in [1.165, 1.54) is 5.56 Å². The van der Waals surface area contributed by atoms with Gasteiger partial charge in [-0.3, -0.25) is 0 Å². The molecule has 11 heteroatoms. The summed E-state index contributed by atoms with van der Waals surface area (Å²) in [5, 5.41) is 0. The van der Waals surface area contributed by atoms with Crippen LogP contribution < -0.4 is 112 Å². The molecule has 0 radical (unpaired) electrons. The van der Waals surface area contributed by atoms with Crippen molar-refractivity contribution >= 4 is 18.4 Å². The van der Waals surface area contributed by atoms with Crippen molar-refractivity contribution in [1.82, 2.24) is 0 Å². The number of benzene rings is 2. The molecule has 2 unspecified atom stereocenters. The Balaban J connectivity index is 0.00000450. The molecule has 0 N–H and O–H groups in total. The fraction of sp³-hybridized carbons (Fsp3) is 0.400. The molecule has 0 bridgehead atoms. The van der Waals surface area contributed by atoms with Gasteiger partial charge >= 0.3 is 111 Å². The van der Waals surface area contributed by atoms with Crippen LogP contribution in [0, 0.1) is 0 Å². The SMILES string of the molecule is CC(C)(C)c1ccc(Oc2cccc(CCCC(O[P+](=O)[O-])S(=O)(=O)[O-])c2)cc1.[K+].[K+]. The molecule has 2 rings (SSSR count). The molecule has 0 aromatic heterocycles. The first-order chi connectivity index (χ1) is 13.4. The third-order valence-corrected chi connectivity index (χ3v) is 5.83. The first-order valence-electron chi connectivity index (χ1n) is 9.08. The van der Waals surface area contributed by atoms with Crippen molar-refractivity contribution in [2.24, 2.45) is 0 Å². The van der Waals surface area contributed by atoms with Gasteiger partial charge < -0.3 is 14.2 Å². The van der Waals surface area contributed by atoms with Crippen LogP contribution in [0.15, 0.2) is 48.5 Å². The third-order valence-electron chi connectivity index (χ3n) is 4.29. The third kappa shape index (κ3) is 12.1. The second-order valence-corrected chi connectivity index (χ2v) is 9.84. The Morgan fingerprint density at radius 3 is 2.16 bits per heavy atom. The van der Waals surface area contributed by atoms with Gasteiger partial charge in [0.25, 0.3) is 0 Å². The number of hydrogen-bond donors (Lipinski definition) is 0. The summed E-state index contributed by atoms with van der Waals surface area (Å²) in [5.41, 5.74) is 0.215. The summed E-state index contributed by atoms with van der Waals surface area (Å²) in [6.07, 6.45) is 0.485. The van der Waals surface area contributed by atoms with E-state index in [2.05, 4.69) is 25.3 Å². The molecule has 0 aliphatic carbocycles. The predicted molar refractivity (Wildman–Crippen MR) is 107 cm³/mol. The molecule has 0 heterocycles. The standard InChI is InChI=1S/C20H25O7PS.2K/c1-20(2,3)16-10-12-17(13-11-16)26-18-8-4-6-15(14-18)7-5-9-19(27-28(21)22)29(23,24)25;;/h4,6,8,10-14,19H,5,7,9H2,1-3H3,(H,23,24,25);;/q;2*+1/p-1. The van der Waals surface area contributed by atoms with E-state index >= 15 is 0 Å². The number of rotatable bonds is 9. The van der Waals surface area contributed by atoms with E-state index in [1.54, 1.807) is 12.1 Å². The average Bonchev–Trinajstić information content (AvgIpc) is 2.60. The molecule has 0 aliphatic heterocycles. The summed E-state index contributed by atoms with van der Waals surface area (Å²) in [5.74, 6) is 1.32. The van der Waals surface area contributed by atoms with Crippen LogP contribution in [0.3, 0.4) is 0 Å². The summed E-state index contributed by atoms with van der Waals surface area (Å²) in [6, 6.07) is 15.1. The second kappa shape index (κ2) is 14.8. The minimum atomic E-state index is -4.86. The zero-order valence-corrected chi connectivity index (χ0v) is 26.5. The summed E-state index contributed by atoms with van der Waals surface area (Å²) >= 11 is 0. The van der Waals surface area contributed by atoms with E-state index in [4.69, 9.17) is 4.74 Å². The minimum absolute atomic E-state index is 0. The van der Waals surface area contributed by atoms with E-state index < -0.39 is 23.8 Å². The topological polar surface area (TPSA) is 116 Å². The van der Waals surface area contributed by atoms with Crippen LogP contribution in [-0.2, 0) is 31.0 Å². The van der Waals surface area contributed by atoms with Gasteiger partial charge in [-0.05, 0) is 64.6 Å². The van der Waals surface area contributed by atoms with Gasteiger partial charge in [0.1, 0.15) is 21.6 Å². The van der Waals surface area contributed by atoms with Crippen LogP contribution in [0.25, 0.3) is 0 Å². The van der Waals surface area contributed by atoms with E-state index in [0.29, 0.717) is 17.9 Å². The van der Waals surface area contributed by atoms with Crippen molar-refractivity contribution in [2.75, 3.05) is 0 Å². The summed E-state index contributed by atoms with van der Waals surface area (Å²) in [6.45, 7) is 6.40. The molecule has 0 spiro atoms. The summed E-state index contributed by atoms with van der Waals surface area (Å²) in [4.78, 5) is 10.6. The Morgan fingerprint density at radius 1 is 1.03 bits per heavy atom. The van der Waals surface area contributed by atoms with E-state index in [0.717, 1.165) is 5.56 Å². The van der Waals surface area contributed by atoms with E-state index in [1.807, 2.05) is 36.4 Å². The molecular formula is C20H24K2O7PS+. The monoisotopic (exact) mass is 517 g/mol. The Labute approximate surface area is 270 Å². The molecule has 158 valence electrons. The number of hydrogen-bond acceptors (Lipinski definition) is 7. The zero-order chi connectivity index (χ0) is 21.7. The quantitative estimate of drug-likeness (QED) is 0.215. The molecule has 7 nitrogen and oxygen atoms in total. The molecule has 0 saturated carbocycles. The molecule has 2 aromatic carbocycles. The number of aryl methyl sites for hydroxylation is 1. The maximum Gasteiger partial charge on any atom is 1.00 e. The van der Waals surface area contributed by atoms with Gasteiger partial charge in [-0.1, -0.05) is 45.0 Å². The molecule has 2 atom stereocenters. The largest absolute Gasteiger partial charge is 1.00 e. The van der Waals surface area contributed by atoms with Crippen LogP contribution in [0.1, 0.15) is 44.7 Å². The van der Waals surface area contributed by atoms with Gasteiger partial charge in [0, 0.05) is 0 Å². The summed E-state index contributed by atoms with van der Waals surface area (Å²) in [7, 11) is -8.28. The van der Waals surface area contributed by atoms with Gasteiger partial charge in [0.05, 0.1) is 0 Å². The number of ether oxygens (including phenoxy) is 1. The predicted octanol–water partition coefficient (Wildman–Crippen LogP) is -1.99. The Bertz CT molecular complexity index is 945. The molecular weight excluding hydrogens is 493 g/mol.